The Bertz CT molecular complexity index is 587. The van der Waals surface area contributed by atoms with E-state index in [1.54, 1.807) is 0 Å². The first-order chi connectivity index (χ1) is 13.5. The van der Waals surface area contributed by atoms with E-state index in [1.807, 2.05) is 18.1 Å². The molecule has 3 aliphatic heterocycles. The van der Waals surface area contributed by atoms with Gasteiger partial charge in [-0.3, -0.25) is 4.79 Å². The van der Waals surface area contributed by atoms with Crippen molar-refractivity contribution in [3.8, 4) is 0 Å². The number of hydrogen-bond acceptors (Lipinski definition) is 5. The topological polar surface area (TPSA) is 53.1 Å². The molecule has 3 heterocycles. The van der Waals surface area contributed by atoms with Crippen molar-refractivity contribution in [3.05, 3.63) is 0 Å². The summed E-state index contributed by atoms with van der Waals surface area (Å²) in [6, 6.07) is 1.17. The molecule has 158 valence electrons. The normalized spacial score (nSPS) is 34.1. The first-order valence-electron chi connectivity index (χ1n) is 11.1. The highest BCUT2D eigenvalue weighted by Gasteiger charge is 2.51. The Morgan fingerprint density at radius 2 is 1.86 bits per heavy atom. The molecule has 1 aliphatic carbocycles. The molecule has 0 unspecified atom stereocenters. The number of ether oxygens (including phenoxy) is 1. The third-order valence-electron chi connectivity index (χ3n) is 7.64. The standard InChI is InChI=1S/C21H35N3O3S/c1-3-27-19(25)23-12-8-21(15-23)13-17(14-21)22-10-6-16(7-11-22)18-5-4-9-24(18)20(26)28-2/h16-18H,3-15H2,1-2H3/t17?,18-,21?/m0/s1. The van der Waals surface area contributed by atoms with E-state index in [-0.39, 0.29) is 11.3 Å². The quantitative estimate of drug-likeness (QED) is 0.712. The predicted molar refractivity (Wildman–Crippen MR) is 112 cm³/mol. The molecule has 1 saturated carbocycles. The smallest absolute Gasteiger partial charge is 0.409 e. The molecule has 28 heavy (non-hydrogen) atoms. The van der Waals surface area contributed by atoms with Crippen LogP contribution in [0.1, 0.15) is 51.9 Å². The fourth-order valence-corrected chi connectivity index (χ4v) is 6.59. The summed E-state index contributed by atoms with van der Waals surface area (Å²) in [6.45, 7) is 7.36. The molecule has 2 amide bonds. The second kappa shape index (κ2) is 8.42. The van der Waals surface area contributed by atoms with E-state index in [0.29, 0.717) is 30.0 Å². The molecule has 0 N–H and O–H groups in total. The van der Waals surface area contributed by atoms with E-state index in [0.717, 1.165) is 26.1 Å². The van der Waals surface area contributed by atoms with Gasteiger partial charge in [-0.1, -0.05) is 11.8 Å². The lowest BCUT2D eigenvalue weighted by Crippen LogP contribution is -2.55. The summed E-state index contributed by atoms with van der Waals surface area (Å²) in [5.74, 6) is 0.676. The summed E-state index contributed by atoms with van der Waals surface area (Å²) in [6.07, 6.45) is 10.2. The molecule has 4 fully saturated rings. The third kappa shape index (κ3) is 3.89. The molecule has 3 saturated heterocycles. The molecule has 6 nitrogen and oxygen atoms in total. The van der Waals surface area contributed by atoms with Gasteiger partial charge in [-0.05, 0) is 82.5 Å². The van der Waals surface area contributed by atoms with Crippen LogP contribution in [0.4, 0.5) is 9.59 Å². The van der Waals surface area contributed by atoms with Gasteiger partial charge in [-0.15, -0.1) is 0 Å². The van der Waals surface area contributed by atoms with E-state index >= 15 is 0 Å². The zero-order valence-electron chi connectivity index (χ0n) is 17.4. The average molecular weight is 410 g/mol. The Labute approximate surface area is 173 Å². The minimum Gasteiger partial charge on any atom is -0.450 e. The summed E-state index contributed by atoms with van der Waals surface area (Å²) < 4.78 is 5.17. The van der Waals surface area contributed by atoms with E-state index < -0.39 is 0 Å². The first-order valence-corrected chi connectivity index (χ1v) is 12.3. The third-order valence-corrected chi connectivity index (χ3v) is 8.23. The van der Waals surface area contributed by atoms with Crippen molar-refractivity contribution >= 4 is 23.1 Å². The maximum absolute atomic E-state index is 12.2. The van der Waals surface area contributed by atoms with Crippen LogP contribution in [0.2, 0.25) is 0 Å². The minimum atomic E-state index is -0.135. The highest BCUT2D eigenvalue weighted by Crippen LogP contribution is 2.51. The van der Waals surface area contributed by atoms with Crippen molar-refractivity contribution < 1.29 is 14.3 Å². The molecule has 4 aliphatic rings. The van der Waals surface area contributed by atoms with Crippen molar-refractivity contribution in [2.45, 2.75) is 64.0 Å². The van der Waals surface area contributed by atoms with Crippen LogP contribution in [0.15, 0.2) is 0 Å². The van der Waals surface area contributed by atoms with Gasteiger partial charge in [0.1, 0.15) is 0 Å². The van der Waals surface area contributed by atoms with Gasteiger partial charge in [0.25, 0.3) is 5.24 Å². The largest absolute Gasteiger partial charge is 0.450 e. The molecular weight excluding hydrogens is 374 g/mol. The molecule has 0 radical (unpaired) electrons. The first kappa shape index (κ1) is 20.3. The molecule has 0 aromatic carbocycles. The highest BCUT2D eigenvalue weighted by atomic mass is 32.2. The molecular formula is C21H35N3O3S. The van der Waals surface area contributed by atoms with Crippen molar-refractivity contribution in [1.82, 2.24) is 14.7 Å². The lowest BCUT2D eigenvalue weighted by molar-refractivity contribution is -0.0141. The zero-order valence-corrected chi connectivity index (χ0v) is 18.2. The summed E-state index contributed by atoms with van der Waals surface area (Å²) >= 11 is 1.36. The Hall–Kier alpha value is -0.950. The van der Waals surface area contributed by atoms with Gasteiger partial charge < -0.3 is 19.4 Å². The van der Waals surface area contributed by atoms with E-state index in [9.17, 15) is 9.59 Å². The van der Waals surface area contributed by atoms with Crippen LogP contribution in [-0.2, 0) is 4.74 Å². The van der Waals surface area contributed by atoms with Gasteiger partial charge in [0, 0.05) is 31.7 Å². The molecule has 0 aromatic rings. The highest BCUT2D eigenvalue weighted by molar-refractivity contribution is 8.12. The molecule has 0 aromatic heterocycles. The lowest BCUT2D eigenvalue weighted by Gasteiger charge is -2.52. The van der Waals surface area contributed by atoms with E-state index in [4.69, 9.17) is 4.74 Å². The number of likely N-dealkylation sites (tertiary alicyclic amines) is 3. The van der Waals surface area contributed by atoms with Crippen LogP contribution in [0, 0.1) is 11.3 Å². The van der Waals surface area contributed by atoms with Gasteiger partial charge in [0.2, 0.25) is 0 Å². The Kier molecular flexibility index (Phi) is 6.12. The van der Waals surface area contributed by atoms with Gasteiger partial charge in [0.05, 0.1) is 6.61 Å². The number of piperidine rings is 1. The summed E-state index contributed by atoms with van der Waals surface area (Å²) in [5.41, 5.74) is 0.349. The Balaban J connectivity index is 1.23. The molecule has 1 atom stereocenters. The van der Waals surface area contributed by atoms with Crippen LogP contribution in [-0.4, -0.2) is 83.7 Å². The number of thioether (sulfide) groups is 1. The number of hydrogen-bond donors (Lipinski definition) is 0. The SMILES string of the molecule is CCOC(=O)N1CCC2(CC(N3CCC([C@@H]4CCCN4C(=O)SC)CC3)C2)C1. The maximum atomic E-state index is 12.2. The molecule has 4 rings (SSSR count). The molecule has 7 heteroatoms. The van der Waals surface area contributed by atoms with Crippen LogP contribution in [0.5, 0.6) is 0 Å². The van der Waals surface area contributed by atoms with E-state index in [1.165, 1.54) is 63.4 Å². The molecule has 0 bridgehead atoms. The monoisotopic (exact) mass is 409 g/mol. The predicted octanol–water partition coefficient (Wildman–Crippen LogP) is 3.66. The number of amides is 2. The zero-order chi connectivity index (χ0) is 19.7. The van der Waals surface area contributed by atoms with Crippen LogP contribution in [0.3, 0.4) is 0 Å². The number of carbonyl (C=O) groups is 2. The number of nitrogens with zero attached hydrogens (tertiary/aromatic N) is 3. The Morgan fingerprint density at radius 3 is 2.54 bits per heavy atom. The molecule has 1 spiro atoms. The van der Waals surface area contributed by atoms with Gasteiger partial charge in [-0.2, -0.15) is 0 Å². The fraction of sp³-hybridized carbons (Fsp3) is 0.905. The van der Waals surface area contributed by atoms with E-state index in [2.05, 4.69) is 9.80 Å². The van der Waals surface area contributed by atoms with Crippen LogP contribution >= 0.6 is 11.8 Å². The van der Waals surface area contributed by atoms with Gasteiger partial charge >= 0.3 is 6.09 Å². The summed E-state index contributed by atoms with van der Waals surface area (Å²) in [4.78, 5) is 30.9. The van der Waals surface area contributed by atoms with Crippen molar-refractivity contribution in [2.24, 2.45) is 11.3 Å². The Morgan fingerprint density at radius 1 is 1.11 bits per heavy atom. The minimum absolute atomic E-state index is 0.135. The van der Waals surface area contributed by atoms with Gasteiger partial charge in [-0.25, -0.2) is 4.79 Å². The second-order valence-corrected chi connectivity index (χ2v) is 9.94. The number of rotatable bonds is 3. The second-order valence-electron chi connectivity index (χ2n) is 9.18. The van der Waals surface area contributed by atoms with Gasteiger partial charge in [0.15, 0.2) is 0 Å². The summed E-state index contributed by atoms with van der Waals surface area (Å²) in [5, 5.41) is 0.262. The summed E-state index contributed by atoms with van der Waals surface area (Å²) in [7, 11) is 0. The maximum Gasteiger partial charge on any atom is 0.409 e. The number of carbonyl (C=O) groups excluding carboxylic acids is 2. The van der Waals surface area contributed by atoms with Crippen LogP contribution in [0.25, 0.3) is 0 Å². The van der Waals surface area contributed by atoms with Crippen molar-refractivity contribution in [3.63, 3.8) is 0 Å². The van der Waals surface area contributed by atoms with Crippen molar-refractivity contribution in [2.75, 3.05) is 45.6 Å². The fourth-order valence-electron chi connectivity index (χ4n) is 6.13. The van der Waals surface area contributed by atoms with Crippen LogP contribution < -0.4 is 0 Å². The van der Waals surface area contributed by atoms with Crippen molar-refractivity contribution in [1.29, 1.82) is 0 Å². The average Bonchev–Trinajstić information content (AvgIpc) is 3.34. The lowest BCUT2D eigenvalue weighted by atomic mass is 9.64.